The number of benzene rings is 1. The van der Waals surface area contributed by atoms with Crippen molar-refractivity contribution in [3.05, 3.63) is 58.3 Å². The van der Waals surface area contributed by atoms with Gasteiger partial charge in [0.05, 0.1) is 18.3 Å². The van der Waals surface area contributed by atoms with Crippen LogP contribution in [0.2, 0.25) is 0 Å². The monoisotopic (exact) mass is 378 g/mol. The summed E-state index contributed by atoms with van der Waals surface area (Å²) in [6, 6.07) is 9.16. The molecule has 0 aliphatic carbocycles. The Morgan fingerprint density at radius 1 is 1.35 bits per heavy atom. The highest BCUT2D eigenvalue weighted by Crippen LogP contribution is 2.17. The second-order valence-electron chi connectivity index (χ2n) is 5.60. The molecule has 0 saturated carbocycles. The summed E-state index contributed by atoms with van der Waals surface area (Å²) in [5, 5.41) is 13.2. The van der Waals surface area contributed by atoms with Gasteiger partial charge in [-0.05, 0) is 46.6 Å². The zero-order valence-electron chi connectivity index (χ0n) is 13.0. The Labute approximate surface area is 143 Å². The summed E-state index contributed by atoms with van der Waals surface area (Å²) in [5.74, 6) is 0.498. The number of hydrogen-bond donors (Lipinski definition) is 2. The van der Waals surface area contributed by atoms with Crippen LogP contribution in [0.15, 0.2) is 47.2 Å². The van der Waals surface area contributed by atoms with Crippen molar-refractivity contribution >= 4 is 21.8 Å². The Morgan fingerprint density at radius 2 is 2.04 bits per heavy atom. The molecule has 1 atom stereocenters. The number of methoxy groups -OCH3 is 1. The SMILES string of the molecule is COc1ccc(CC(C)(O)CNC(=O)c2cncc(Br)c2)cc1. The molecule has 0 spiro atoms. The number of pyridine rings is 1. The normalized spacial score (nSPS) is 13.2. The standard InChI is InChI=1S/C17H19BrN2O3/c1-17(22,8-12-3-5-15(23-2)6-4-12)11-20-16(21)13-7-14(18)10-19-9-13/h3-7,9-10,22H,8,11H2,1-2H3,(H,20,21). The number of nitrogens with one attached hydrogen (secondary N) is 1. The lowest BCUT2D eigenvalue weighted by Crippen LogP contribution is -2.42. The molecule has 0 saturated heterocycles. The molecule has 1 heterocycles. The summed E-state index contributed by atoms with van der Waals surface area (Å²) in [5.41, 5.74) is 0.359. The number of rotatable bonds is 6. The number of carbonyl (C=O) groups excluding carboxylic acids is 1. The average molecular weight is 379 g/mol. The number of halogens is 1. The van der Waals surface area contributed by atoms with E-state index in [1.807, 2.05) is 24.3 Å². The van der Waals surface area contributed by atoms with Gasteiger partial charge in [-0.3, -0.25) is 9.78 Å². The molecule has 23 heavy (non-hydrogen) atoms. The lowest BCUT2D eigenvalue weighted by molar-refractivity contribution is 0.0552. The minimum Gasteiger partial charge on any atom is -0.497 e. The third-order valence-electron chi connectivity index (χ3n) is 3.34. The largest absolute Gasteiger partial charge is 0.497 e. The Kier molecular flexibility index (Phi) is 5.74. The molecule has 1 aromatic heterocycles. The molecular weight excluding hydrogens is 360 g/mol. The van der Waals surface area contributed by atoms with Crippen LogP contribution in [0.4, 0.5) is 0 Å². The molecule has 2 aromatic rings. The van der Waals surface area contributed by atoms with Crippen LogP contribution in [0.1, 0.15) is 22.8 Å². The first-order chi connectivity index (χ1) is 10.9. The third-order valence-corrected chi connectivity index (χ3v) is 3.77. The van der Waals surface area contributed by atoms with E-state index < -0.39 is 5.60 Å². The molecule has 0 fully saturated rings. The maximum atomic E-state index is 12.1. The van der Waals surface area contributed by atoms with Gasteiger partial charge in [0.2, 0.25) is 0 Å². The van der Waals surface area contributed by atoms with E-state index in [0.29, 0.717) is 12.0 Å². The minimum absolute atomic E-state index is 0.143. The van der Waals surface area contributed by atoms with Gasteiger partial charge < -0.3 is 15.2 Å². The number of nitrogens with zero attached hydrogens (tertiary/aromatic N) is 1. The van der Waals surface area contributed by atoms with Gasteiger partial charge in [0.25, 0.3) is 5.91 Å². The first-order valence-electron chi connectivity index (χ1n) is 7.14. The van der Waals surface area contributed by atoms with Crippen LogP contribution in [0, 0.1) is 0 Å². The van der Waals surface area contributed by atoms with Crippen LogP contribution in [-0.4, -0.2) is 35.3 Å². The van der Waals surface area contributed by atoms with Crippen molar-refractivity contribution in [1.82, 2.24) is 10.3 Å². The van der Waals surface area contributed by atoms with E-state index in [9.17, 15) is 9.90 Å². The summed E-state index contributed by atoms with van der Waals surface area (Å²) in [7, 11) is 1.61. The smallest absolute Gasteiger partial charge is 0.252 e. The van der Waals surface area contributed by atoms with Crippen LogP contribution in [0.3, 0.4) is 0 Å². The summed E-state index contributed by atoms with van der Waals surface area (Å²) in [6.07, 6.45) is 3.52. The molecule has 6 heteroatoms. The van der Waals surface area contributed by atoms with Crippen molar-refractivity contribution < 1.29 is 14.6 Å². The summed E-state index contributed by atoms with van der Waals surface area (Å²) in [6.45, 7) is 1.83. The van der Waals surface area contributed by atoms with E-state index >= 15 is 0 Å². The Bertz CT molecular complexity index is 672. The fourth-order valence-corrected chi connectivity index (χ4v) is 2.52. The molecule has 2 rings (SSSR count). The van der Waals surface area contributed by atoms with Gasteiger partial charge in [0, 0.05) is 29.8 Å². The molecule has 1 unspecified atom stereocenters. The highest BCUT2D eigenvalue weighted by atomic mass is 79.9. The van der Waals surface area contributed by atoms with E-state index in [1.54, 1.807) is 26.3 Å². The third kappa shape index (κ3) is 5.33. The first kappa shape index (κ1) is 17.4. The number of ether oxygens (including phenoxy) is 1. The fraction of sp³-hybridized carbons (Fsp3) is 0.294. The molecule has 5 nitrogen and oxygen atoms in total. The molecule has 2 N–H and O–H groups in total. The van der Waals surface area contributed by atoms with Gasteiger partial charge in [-0.25, -0.2) is 0 Å². The topological polar surface area (TPSA) is 71.5 Å². The molecule has 0 radical (unpaired) electrons. The predicted octanol–water partition coefficient (Wildman–Crippen LogP) is 2.58. The van der Waals surface area contributed by atoms with Gasteiger partial charge in [-0.15, -0.1) is 0 Å². The van der Waals surface area contributed by atoms with Crippen LogP contribution < -0.4 is 10.1 Å². The highest BCUT2D eigenvalue weighted by Gasteiger charge is 2.22. The van der Waals surface area contributed by atoms with Crippen molar-refractivity contribution in [2.24, 2.45) is 0 Å². The predicted molar refractivity (Wildman–Crippen MR) is 91.6 cm³/mol. The van der Waals surface area contributed by atoms with Crippen LogP contribution in [-0.2, 0) is 6.42 Å². The highest BCUT2D eigenvalue weighted by molar-refractivity contribution is 9.10. The van der Waals surface area contributed by atoms with Crippen molar-refractivity contribution in [2.45, 2.75) is 18.9 Å². The number of aromatic nitrogens is 1. The maximum Gasteiger partial charge on any atom is 0.252 e. The van der Waals surface area contributed by atoms with E-state index in [4.69, 9.17) is 4.74 Å². The van der Waals surface area contributed by atoms with Crippen LogP contribution in [0.5, 0.6) is 5.75 Å². The van der Waals surface area contributed by atoms with Crippen LogP contribution in [0.25, 0.3) is 0 Å². The van der Waals surface area contributed by atoms with Crippen LogP contribution >= 0.6 is 15.9 Å². The lowest BCUT2D eigenvalue weighted by atomic mass is 9.96. The quantitative estimate of drug-likeness (QED) is 0.810. The van der Waals surface area contributed by atoms with E-state index in [1.165, 1.54) is 6.20 Å². The van der Waals surface area contributed by atoms with Crippen molar-refractivity contribution in [3.8, 4) is 5.75 Å². The Hall–Kier alpha value is -1.92. The van der Waals surface area contributed by atoms with Crippen molar-refractivity contribution in [3.63, 3.8) is 0 Å². The lowest BCUT2D eigenvalue weighted by Gasteiger charge is -2.24. The van der Waals surface area contributed by atoms with Crippen molar-refractivity contribution in [2.75, 3.05) is 13.7 Å². The molecular formula is C17H19BrN2O3. The fourth-order valence-electron chi connectivity index (χ4n) is 2.15. The van der Waals surface area contributed by atoms with Crippen molar-refractivity contribution in [1.29, 1.82) is 0 Å². The first-order valence-corrected chi connectivity index (χ1v) is 7.93. The summed E-state index contributed by atoms with van der Waals surface area (Å²) in [4.78, 5) is 16.0. The minimum atomic E-state index is -1.05. The second kappa shape index (κ2) is 7.57. The summed E-state index contributed by atoms with van der Waals surface area (Å²) < 4.78 is 5.84. The van der Waals surface area contributed by atoms with Gasteiger partial charge >= 0.3 is 0 Å². The summed E-state index contributed by atoms with van der Waals surface area (Å²) >= 11 is 3.27. The second-order valence-corrected chi connectivity index (χ2v) is 6.51. The van der Waals surface area contributed by atoms with Gasteiger partial charge in [0.1, 0.15) is 5.75 Å². The van der Waals surface area contributed by atoms with E-state index in [0.717, 1.165) is 15.8 Å². The van der Waals surface area contributed by atoms with E-state index in [-0.39, 0.29) is 12.5 Å². The van der Waals surface area contributed by atoms with Gasteiger partial charge in [0.15, 0.2) is 0 Å². The maximum absolute atomic E-state index is 12.1. The zero-order valence-corrected chi connectivity index (χ0v) is 14.6. The van der Waals surface area contributed by atoms with Gasteiger partial charge in [-0.1, -0.05) is 12.1 Å². The Morgan fingerprint density at radius 3 is 2.65 bits per heavy atom. The number of hydrogen-bond acceptors (Lipinski definition) is 4. The number of amides is 1. The zero-order chi connectivity index (χ0) is 16.9. The van der Waals surface area contributed by atoms with E-state index in [2.05, 4.69) is 26.2 Å². The average Bonchev–Trinajstić information content (AvgIpc) is 2.53. The molecule has 0 aliphatic heterocycles. The number of carbonyl (C=O) groups is 1. The van der Waals surface area contributed by atoms with Gasteiger partial charge in [-0.2, -0.15) is 0 Å². The molecule has 122 valence electrons. The molecule has 0 bridgehead atoms. The molecule has 1 aromatic carbocycles. The number of aliphatic hydroxyl groups is 1. The molecule has 0 aliphatic rings. The Balaban J connectivity index is 1.93. The molecule has 1 amide bonds.